The lowest BCUT2D eigenvalue weighted by Gasteiger charge is -2.15. The Balaban J connectivity index is 2.15. The van der Waals surface area contributed by atoms with Gasteiger partial charge in [0.25, 0.3) is 5.56 Å². The summed E-state index contributed by atoms with van der Waals surface area (Å²) in [4.78, 5) is 15.9. The number of pyridine rings is 1. The monoisotopic (exact) mass is 426 g/mol. The Bertz CT molecular complexity index is 1400. The van der Waals surface area contributed by atoms with Crippen molar-refractivity contribution in [3.63, 3.8) is 0 Å². The van der Waals surface area contributed by atoms with Crippen LogP contribution >= 0.6 is 0 Å². The van der Waals surface area contributed by atoms with Crippen LogP contribution in [0.3, 0.4) is 0 Å². The van der Waals surface area contributed by atoms with E-state index in [-0.39, 0.29) is 12.2 Å². The fourth-order valence-corrected chi connectivity index (χ4v) is 4.30. The molecule has 0 atom stereocenters. The van der Waals surface area contributed by atoms with Gasteiger partial charge in [-0.15, -0.1) is 0 Å². The number of benzene rings is 3. The maximum atomic E-state index is 13.1. The molecule has 0 bridgehead atoms. The second kappa shape index (κ2) is 9.18. The van der Waals surface area contributed by atoms with Crippen LogP contribution in [0.15, 0.2) is 65.7 Å². The Morgan fingerprint density at radius 1 is 1.03 bits per heavy atom. The summed E-state index contributed by atoms with van der Waals surface area (Å²) in [5, 5.41) is 20.7. The second-order valence-electron chi connectivity index (χ2n) is 7.72. The third-order valence-electron chi connectivity index (χ3n) is 5.88. The number of hydrogen-bond donors (Lipinski definition) is 5. The first-order valence-electron chi connectivity index (χ1n) is 10.6. The number of aryl methyl sites for hydroxylation is 1. The van der Waals surface area contributed by atoms with Crippen LogP contribution in [0, 0.1) is 5.41 Å². The molecule has 4 rings (SSSR count). The highest BCUT2D eigenvalue weighted by atomic mass is 16.3. The van der Waals surface area contributed by atoms with Crippen LogP contribution in [0.5, 0.6) is 0 Å². The number of aromatic amines is 1. The van der Waals surface area contributed by atoms with Crippen LogP contribution in [0.2, 0.25) is 0 Å². The number of nitrogens with two attached hydrogens (primary N) is 2. The molecule has 0 spiro atoms. The SMILES string of the molecule is N=C/C(=C\N)c1ccc2c(CCCN)cc3c(-c4ccccc4CO)c[nH]c(=O)c3c2c1. The van der Waals surface area contributed by atoms with Gasteiger partial charge in [0.15, 0.2) is 0 Å². The topological polar surface area (TPSA) is 129 Å². The first-order chi connectivity index (χ1) is 15.6. The maximum absolute atomic E-state index is 13.1. The number of allylic oxidation sites excluding steroid dienone is 1. The third-order valence-corrected chi connectivity index (χ3v) is 5.88. The molecule has 3 aromatic carbocycles. The average molecular weight is 427 g/mol. The molecule has 7 N–H and O–H groups in total. The van der Waals surface area contributed by atoms with Crippen LogP contribution < -0.4 is 17.0 Å². The molecule has 0 aliphatic heterocycles. The molecule has 32 heavy (non-hydrogen) atoms. The molecule has 4 aromatic rings. The average Bonchev–Trinajstić information content (AvgIpc) is 2.83. The Morgan fingerprint density at radius 2 is 1.84 bits per heavy atom. The van der Waals surface area contributed by atoms with E-state index in [4.69, 9.17) is 16.9 Å². The molecule has 1 heterocycles. The fraction of sp³-hybridized carbons (Fsp3) is 0.154. The van der Waals surface area contributed by atoms with Gasteiger partial charge in [0.1, 0.15) is 0 Å². The molecule has 1 aromatic heterocycles. The summed E-state index contributed by atoms with van der Waals surface area (Å²) in [5.41, 5.74) is 16.3. The van der Waals surface area contributed by atoms with Crippen LogP contribution in [0.4, 0.5) is 0 Å². The smallest absolute Gasteiger partial charge is 0.256 e. The van der Waals surface area contributed by atoms with Crippen LogP contribution in [-0.2, 0) is 13.0 Å². The molecule has 0 saturated heterocycles. The zero-order valence-corrected chi connectivity index (χ0v) is 17.7. The number of aliphatic hydroxyl groups is 1. The van der Waals surface area contributed by atoms with Crippen molar-refractivity contribution in [3.8, 4) is 11.1 Å². The van der Waals surface area contributed by atoms with Gasteiger partial charge in [-0.3, -0.25) is 4.79 Å². The number of fused-ring (bicyclic) bond motifs is 3. The van der Waals surface area contributed by atoms with E-state index in [9.17, 15) is 9.90 Å². The number of hydrogen-bond acceptors (Lipinski definition) is 5. The van der Waals surface area contributed by atoms with Gasteiger partial charge in [-0.05, 0) is 69.9 Å². The maximum Gasteiger partial charge on any atom is 0.256 e. The lowest BCUT2D eigenvalue weighted by molar-refractivity contribution is 0.282. The van der Waals surface area contributed by atoms with E-state index in [1.165, 1.54) is 12.4 Å². The van der Waals surface area contributed by atoms with Gasteiger partial charge in [0, 0.05) is 29.7 Å². The fourth-order valence-electron chi connectivity index (χ4n) is 4.30. The minimum absolute atomic E-state index is 0.0987. The molecule has 6 heteroatoms. The molecule has 0 amide bonds. The van der Waals surface area contributed by atoms with E-state index in [1.54, 1.807) is 6.20 Å². The molecule has 0 aliphatic rings. The lowest BCUT2D eigenvalue weighted by atomic mass is 9.89. The first kappa shape index (κ1) is 21.5. The molecule has 0 saturated carbocycles. The van der Waals surface area contributed by atoms with Crippen molar-refractivity contribution >= 4 is 33.3 Å². The second-order valence-corrected chi connectivity index (χ2v) is 7.72. The Kier molecular flexibility index (Phi) is 6.16. The van der Waals surface area contributed by atoms with E-state index >= 15 is 0 Å². The standard InChI is InChI=1S/C26H26N4O2/c27-9-3-5-17-11-23-24(20-6-2-1-4-18(20)15-31)14-30-26(32)25(23)22-10-16(7-8-21(17)22)19(12-28)13-29/h1-2,4,6-8,10-14,28,31H,3,5,9,15,27,29H2,(H,30,32)/b19-13+,28-12?. The molecular formula is C26H26N4O2. The summed E-state index contributed by atoms with van der Waals surface area (Å²) >= 11 is 0. The third kappa shape index (κ3) is 3.70. The number of rotatable bonds is 7. The van der Waals surface area contributed by atoms with Crippen molar-refractivity contribution in [2.24, 2.45) is 11.5 Å². The van der Waals surface area contributed by atoms with Crippen molar-refractivity contribution in [2.45, 2.75) is 19.4 Å². The lowest BCUT2D eigenvalue weighted by Crippen LogP contribution is -2.09. The van der Waals surface area contributed by atoms with E-state index in [2.05, 4.69) is 11.1 Å². The van der Waals surface area contributed by atoms with Crippen LogP contribution in [0.1, 0.15) is 23.1 Å². The van der Waals surface area contributed by atoms with Gasteiger partial charge in [-0.25, -0.2) is 0 Å². The van der Waals surface area contributed by atoms with Crippen molar-refractivity contribution in [3.05, 3.63) is 88.0 Å². The Hall–Kier alpha value is -3.74. The largest absolute Gasteiger partial charge is 0.404 e. The van der Waals surface area contributed by atoms with Crippen LogP contribution in [0.25, 0.3) is 38.2 Å². The summed E-state index contributed by atoms with van der Waals surface area (Å²) in [7, 11) is 0. The number of aliphatic hydroxyl groups excluding tert-OH is 1. The molecule has 0 fully saturated rings. The van der Waals surface area contributed by atoms with Gasteiger partial charge < -0.3 is 27.0 Å². The predicted molar refractivity (Wildman–Crippen MR) is 132 cm³/mol. The Labute approximate surface area is 185 Å². The number of aromatic nitrogens is 1. The van der Waals surface area contributed by atoms with Gasteiger partial charge >= 0.3 is 0 Å². The van der Waals surface area contributed by atoms with Crippen molar-refractivity contribution < 1.29 is 5.11 Å². The van der Waals surface area contributed by atoms with Gasteiger partial charge in [0.2, 0.25) is 0 Å². The predicted octanol–water partition coefficient (Wildman–Crippen LogP) is 3.68. The summed E-state index contributed by atoms with van der Waals surface area (Å²) < 4.78 is 0. The summed E-state index contributed by atoms with van der Waals surface area (Å²) in [6, 6.07) is 15.5. The van der Waals surface area contributed by atoms with E-state index in [0.717, 1.165) is 56.8 Å². The van der Waals surface area contributed by atoms with Crippen molar-refractivity contribution in [1.82, 2.24) is 4.98 Å². The molecule has 0 unspecified atom stereocenters. The highest BCUT2D eigenvalue weighted by Gasteiger charge is 2.16. The van der Waals surface area contributed by atoms with Crippen LogP contribution in [-0.4, -0.2) is 22.8 Å². The number of H-pyrrole nitrogens is 1. The zero-order valence-electron chi connectivity index (χ0n) is 17.7. The van der Waals surface area contributed by atoms with E-state index in [0.29, 0.717) is 17.5 Å². The zero-order chi connectivity index (χ0) is 22.7. The normalized spacial score (nSPS) is 11.9. The summed E-state index contributed by atoms with van der Waals surface area (Å²) in [5.74, 6) is 0. The molecular weight excluding hydrogens is 400 g/mol. The highest BCUT2D eigenvalue weighted by molar-refractivity contribution is 6.15. The molecule has 6 nitrogen and oxygen atoms in total. The molecule has 162 valence electrons. The molecule has 0 radical (unpaired) electrons. The quantitative estimate of drug-likeness (QED) is 0.228. The van der Waals surface area contributed by atoms with Crippen molar-refractivity contribution in [1.29, 1.82) is 5.41 Å². The van der Waals surface area contributed by atoms with E-state index < -0.39 is 0 Å². The minimum atomic E-state index is -0.189. The van der Waals surface area contributed by atoms with Gasteiger partial charge in [-0.2, -0.15) is 0 Å². The van der Waals surface area contributed by atoms with E-state index in [1.807, 2.05) is 42.5 Å². The first-order valence-corrected chi connectivity index (χ1v) is 10.6. The highest BCUT2D eigenvalue weighted by Crippen LogP contribution is 2.35. The summed E-state index contributed by atoms with van der Waals surface area (Å²) in [6.45, 7) is 0.472. The summed E-state index contributed by atoms with van der Waals surface area (Å²) in [6.07, 6.45) is 5.91. The molecule has 0 aliphatic carbocycles. The van der Waals surface area contributed by atoms with Gasteiger partial charge in [0.05, 0.1) is 12.0 Å². The number of nitrogens with one attached hydrogen (secondary N) is 2. The minimum Gasteiger partial charge on any atom is -0.404 e. The Morgan fingerprint density at radius 3 is 2.56 bits per heavy atom. The van der Waals surface area contributed by atoms with Gasteiger partial charge in [-0.1, -0.05) is 36.4 Å². The van der Waals surface area contributed by atoms with Crippen molar-refractivity contribution in [2.75, 3.05) is 6.54 Å².